The van der Waals surface area contributed by atoms with Gasteiger partial charge in [0.1, 0.15) is 5.82 Å². The van der Waals surface area contributed by atoms with Crippen molar-refractivity contribution in [1.82, 2.24) is 20.9 Å². The summed E-state index contributed by atoms with van der Waals surface area (Å²) in [5, 5.41) is 7.83. The summed E-state index contributed by atoms with van der Waals surface area (Å²) < 4.78 is 12.9. The highest BCUT2D eigenvalue weighted by Gasteiger charge is 2.19. The first-order chi connectivity index (χ1) is 13.0. The molecule has 1 aliphatic rings. The van der Waals surface area contributed by atoms with Crippen LogP contribution in [0.3, 0.4) is 0 Å². The summed E-state index contributed by atoms with van der Waals surface area (Å²) in [6.45, 7) is 2.60. The highest BCUT2D eigenvalue weighted by atomic mass is 19.1. The number of hydrogen-bond acceptors (Lipinski definition) is 4. The third kappa shape index (κ3) is 7.74. The van der Waals surface area contributed by atoms with Crippen LogP contribution >= 0.6 is 0 Å². The molecule has 0 bridgehead atoms. The molecule has 1 fully saturated rings. The van der Waals surface area contributed by atoms with Gasteiger partial charge in [-0.25, -0.2) is 9.18 Å². The van der Waals surface area contributed by atoms with E-state index in [0.717, 1.165) is 31.2 Å². The number of carbonyl (C=O) groups excluding carboxylic acids is 3. The summed E-state index contributed by atoms with van der Waals surface area (Å²) in [5.41, 5.74) is 0.786. The first-order valence-electron chi connectivity index (χ1n) is 9.30. The minimum atomic E-state index is -0.483. The summed E-state index contributed by atoms with van der Waals surface area (Å²) in [6, 6.07) is 5.52. The Morgan fingerprint density at radius 1 is 1.07 bits per heavy atom. The molecule has 0 unspecified atom stereocenters. The molecular formula is C19H27FN4O3. The lowest BCUT2D eigenvalue weighted by Gasteiger charge is -2.19. The first kappa shape index (κ1) is 20.8. The Morgan fingerprint density at radius 2 is 1.70 bits per heavy atom. The average Bonchev–Trinajstić information content (AvgIpc) is 3.13. The number of carbonyl (C=O) groups is 3. The van der Waals surface area contributed by atoms with Gasteiger partial charge in [-0.3, -0.25) is 19.8 Å². The van der Waals surface area contributed by atoms with E-state index in [-0.39, 0.29) is 37.4 Å². The van der Waals surface area contributed by atoms with Crippen molar-refractivity contribution in [3.05, 3.63) is 35.6 Å². The van der Waals surface area contributed by atoms with Crippen molar-refractivity contribution in [2.75, 3.05) is 19.6 Å². The normalized spacial score (nSPS) is 14.2. The Balaban J connectivity index is 1.69. The lowest BCUT2D eigenvalue weighted by molar-refractivity contribution is -0.124. The van der Waals surface area contributed by atoms with E-state index in [0.29, 0.717) is 6.54 Å². The number of likely N-dealkylation sites (N-methyl/N-ethyl adjacent to an activating group) is 1. The van der Waals surface area contributed by atoms with Crippen LogP contribution in [0.1, 0.15) is 38.2 Å². The van der Waals surface area contributed by atoms with Gasteiger partial charge in [0.05, 0.1) is 13.1 Å². The SMILES string of the molecule is CCN(CC(=O)NCc1ccc(F)cc1)CC(=O)NC(=O)NC1CCCC1. The van der Waals surface area contributed by atoms with Gasteiger partial charge >= 0.3 is 6.03 Å². The summed E-state index contributed by atoms with van der Waals surface area (Å²) in [6.07, 6.45) is 4.07. The maximum Gasteiger partial charge on any atom is 0.321 e. The van der Waals surface area contributed by atoms with E-state index in [9.17, 15) is 18.8 Å². The van der Waals surface area contributed by atoms with Gasteiger partial charge in [-0.1, -0.05) is 31.9 Å². The zero-order valence-corrected chi connectivity index (χ0v) is 15.6. The lowest BCUT2D eigenvalue weighted by atomic mass is 10.2. The number of imide groups is 1. The predicted molar refractivity (Wildman–Crippen MR) is 99.3 cm³/mol. The molecular weight excluding hydrogens is 351 g/mol. The second-order valence-electron chi connectivity index (χ2n) is 6.71. The molecule has 0 heterocycles. The van der Waals surface area contributed by atoms with Gasteiger partial charge in [0.15, 0.2) is 0 Å². The fraction of sp³-hybridized carbons (Fsp3) is 0.526. The Kier molecular flexibility index (Phi) is 8.19. The van der Waals surface area contributed by atoms with Crippen LogP contribution in [-0.4, -0.2) is 48.4 Å². The zero-order valence-electron chi connectivity index (χ0n) is 15.6. The Labute approximate surface area is 158 Å². The van der Waals surface area contributed by atoms with Crippen molar-refractivity contribution >= 4 is 17.8 Å². The summed E-state index contributed by atoms with van der Waals surface area (Å²) in [4.78, 5) is 37.5. The van der Waals surface area contributed by atoms with Crippen LogP contribution < -0.4 is 16.0 Å². The summed E-state index contributed by atoms with van der Waals surface area (Å²) >= 11 is 0. The molecule has 2 rings (SSSR count). The van der Waals surface area contributed by atoms with Gasteiger partial charge in [0.25, 0.3) is 0 Å². The third-order valence-electron chi connectivity index (χ3n) is 4.53. The van der Waals surface area contributed by atoms with Gasteiger partial charge in [0, 0.05) is 12.6 Å². The Hall–Kier alpha value is -2.48. The third-order valence-corrected chi connectivity index (χ3v) is 4.53. The fourth-order valence-corrected chi connectivity index (χ4v) is 3.00. The van der Waals surface area contributed by atoms with Gasteiger partial charge in [-0.15, -0.1) is 0 Å². The molecule has 0 atom stereocenters. The number of amides is 4. The molecule has 3 N–H and O–H groups in total. The quantitative estimate of drug-likeness (QED) is 0.640. The van der Waals surface area contributed by atoms with Crippen molar-refractivity contribution < 1.29 is 18.8 Å². The van der Waals surface area contributed by atoms with Crippen LogP contribution in [0.2, 0.25) is 0 Å². The van der Waals surface area contributed by atoms with E-state index in [1.165, 1.54) is 12.1 Å². The summed E-state index contributed by atoms with van der Waals surface area (Å²) in [5.74, 6) is -1.02. The number of rotatable bonds is 8. The average molecular weight is 378 g/mol. The first-order valence-corrected chi connectivity index (χ1v) is 9.30. The predicted octanol–water partition coefficient (Wildman–Crippen LogP) is 1.53. The molecule has 27 heavy (non-hydrogen) atoms. The van der Waals surface area contributed by atoms with Crippen molar-refractivity contribution in [3.8, 4) is 0 Å². The van der Waals surface area contributed by atoms with Crippen molar-refractivity contribution in [3.63, 3.8) is 0 Å². The second kappa shape index (κ2) is 10.6. The van der Waals surface area contributed by atoms with E-state index < -0.39 is 11.9 Å². The van der Waals surface area contributed by atoms with Crippen LogP contribution in [0.5, 0.6) is 0 Å². The minimum absolute atomic E-state index is 0.0371. The van der Waals surface area contributed by atoms with Crippen LogP contribution in [0.25, 0.3) is 0 Å². The molecule has 1 saturated carbocycles. The molecule has 7 nitrogen and oxygen atoms in total. The molecule has 8 heteroatoms. The van der Waals surface area contributed by atoms with E-state index in [1.807, 2.05) is 6.92 Å². The zero-order chi connectivity index (χ0) is 19.6. The Morgan fingerprint density at radius 3 is 2.33 bits per heavy atom. The van der Waals surface area contributed by atoms with Crippen LogP contribution in [0, 0.1) is 5.82 Å². The largest absolute Gasteiger partial charge is 0.351 e. The molecule has 0 aromatic heterocycles. The van der Waals surface area contributed by atoms with Crippen molar-refractivity contribution in [2.45, 2.75) is 45.2 Å². The highest BCUT2D eigenvalue weighted by molar-refractivity contribution is 5.95. The maximum absolute atomic E-state index is 12.9. The molecule has 0 aliphatic heterocycles. The Bertz CT molecular complexity index is 645. The minimum Gasteiger partial charge on any atom is -0.351 e. The monoisotopic (exact) mass is 378 g/mol. The number of hydrogen-bond donors (Lipinski definition) is 3. The van der Waals surface area contributed by atoms with Crippen LogP contribution in [0.4, 0.5) is 9.18 Å². The number of nitrogens with one attached hydrogen (secondary N) is 3. The van der Waals surface area contributed by atoms with Gasteiger partial charge < -0.3 is 10.6 Å². The number of nitrogens with zero attached hydrogens (tertiary/aromatic N) is 1. The number of halogens is 1. The lowest BCUT2D eigenvalue weighted by Crippen LogP contribution is -2.48. The maximum atomic E-state index is 12.9. The van der Waals surface area contributed by atoms with E-state index >= 15 is 0 Å². The van der Waals surface area contributed by atoms with Crippen LogP contribution in [-0.2, 0) is 16.1 Å². The molecule has 1 aromatic carbocycles. The van der Waals surface area contributed by atoms with Crippen LogP contribution in [0.15, 0.2) is 24.3 Å². The van der Waals surface area contributed by atoms with E-state index in [2.05, 4.69) is 16.0 Å². The molecule has 0 saturated heterocycles. The van der Waals surface area contributed by atoms with Crippen molar-refractivity contribution in [2.24, 2.45) is 0 Å². The molecule has 1 aromatic rings. The molecule has 148 valence electrons. The number of urea groups is 1. The van der Waals surface area contributed by atoms with E-state index in [1.54, 1.807) is 17.0 Å². The van der Waals surface area contributed by atoms with E-state index in [4.69, 9.17) is 0 Å². The van der Waals surface area contributed by atoms with Gasteiger partial charge in [0.2, 0.25) is 11.8 Å². The number of benzene rings is 1. The second-order valence-corrected chi connectivity index (χ2v) is 6.71. The van der Waals surface area contributed by atoms with Gasteiger partial charge in [-0.2, -0.15) is 0 Å². The highest BCUT2D eigenvalue weighted by Crippen LogP contribution is 2.17. The molecule has 0 radical (unpaired) electrons. The molecule has 4 amide bonds. The summed E-state index contributed by atoms with van der Waals surface area (Å²) in [7, 11) is 0. The fourth-order valence-electron chi connectivity index (χ4n) is 3.00. The standard InChI is InChI=1S/C19H27FN4O3/c1-2-24(12-17(25)21-11-14-7-9-15(20)10-8-14)13-18(26)23-19(27)22-16-5-3-4-6-16/h7-10,16H,2-6,11-13H2,1H3,(H,21,25)(H2,22,23,26,27). The molecule has 0 spiro atoms. The van der Waals surface area contributed by atoms with Crippen molar-refractivity contribution in [1.29, 1.82) is 0 Å². The molecule has 1 aliphatic carbocycles. The topological polar surface area (TPSA) is 90.5 Å². The smallest absolute Gasteiger partial charge is 0.321 e. The van der Waals surface area contributed by atoms with Gasteiger partial charge in [-0.05, 0) is 37.1 Å².